The Morgan fingerprint density at radius 2 is 1.75 bits per heavy atom. The van der Waals surface area contributed by atoms with Gasteiger partial charge in [0.05, 0.1) is 0 Å². The molecular weight excluding hydrogens is 350 g/mol. The van der Waals surface area contributed by atoms with Crippen molar-refractivity contribution in [3.63, 3.8) is 0 Å². The van der Waals surface area contributed by atoms with Gasteiger partial charge < -0.3 is 9.88 Å². The molecule has 1 saturated heterocycles. The van der Waals surface area contributed by atoms with E-state index >= 15 is 0 Å². The van der Waals surface area contributed by atoms with E-state index < -0.39 is 0 Å². The van der Waals surface area contributed by atoms with Crippen LogP contribution in [-0.4, -0.2) is 53.4 Å². The van der Waals surface area contributed by atoms with E-state index in [1.165, 1.54) is 5.56 Å². The first-order valence-corrected chi connectivity index (χ1v) is 9.79. The van der Waals surface area contributed by atoms with Crippen LogP contribution in [0.15, 0.2) is 59.4 Å². The number of hydrogen-bond acceptors (Lipinski definition) is 3. The predicted octanol–water partition coefficient (Wildman–Crippen LogP) is 2.84. The van der Waals surface area contributed by atoms with Gasteiger partial charge in [0.1, 0.15) is 0 Å². The van der Waals surface area contributed by atoms with Crippen LogP contribution in [-0.2, 0) is 6.42 Å². The lowest BCUT2D eigenvalue weighted by atomic mass is 10.1. The Morgan fingerprint density at radius 1 is 1.00 bits per heavy atom. The summed E-state index contributed by atoms with van der Waals surface area (Å²) in [6, 6.07) is 17.7. The van der Waals surface area contributed by atoms with Crippen molar-refractivity contribution < 1.29 is 4.79 Å². The topological polar surface area (TPSA) is 56.4 Å². The molecule has 4 rings (SSSR count). The number of rotatable bonds is 4. The third-order valence-electron chi connectivity index (χ3n) is 5.52. The number of piperazine rings is 1. The average molecular weight is 375 g/mol. The first-order chi connectivity index (χ1) is 13.6. The summed E-state index contributed by atoms with van der Waals surface area (Å²) >= 11 is 0. The number of aryl methyl sites for hydroxylation is 1. The lowest BCUT2D eigenvalue weighted by Gasteiger charge is -2.34. The summed E-state index contributed by atoms with van der Waals surface area (Å²) in [7, 11) is 0. The van der Waals surface area contributed by atoms with Crippen LogP contribution in [0, 0.1) is 6.92 Å². The molecule has 0 radical (unpaired) electrons. The summed E-state index contributed by atoms with van der Waals surface area (Å²) in [6.45, 7) is 6.17. The van der Waals surface area contributed by atoms with Gasteiger partial charge in [-0.15, -0.1) is 0 Å². The minimum Gasteiger partial charge on any atom is -0.336 e. The first kappa shape index (κ1) is 18.4. The Hall–Kier alpha value is -2.92. The zero-order valence-electron chi connectivity index (χ0n) is 16.1. The molecule has 0 bridgehead atoms. The fourth-order valence-electron chi connectivity index (χ4n) is 3.86. The van der Waals surface area contributed by atoms with Gasteiger partial charge in [-0.3, -0.25) is 14.5 Å². The summed E-state index contributed by atoms with van der Waals surface area (Å²) in [5.41, 5.74) is 3.48. The van der Waals surface area contributed by atoms with Crippen LogP contribution in [0.2, 0.25) is 0 Å². The van der Waals surface area contributed by atoms with E-state index in [2.05, 4.69) is 34.1 Å². The molecule has 28 heavy (non-hydrogen) atoms. The maximum atomic E-state index is 12.9. The van der Waals surface area contributed by atoms with Gasteiger partial charge in [-0.2, -0.15) is 0 Å². The summed E-state index contributed by atoms with van der Waals surface area (Å²) < 4.78 is 0. The number of aromatic amines is 1. The zero-order chi connectivity index (χ0) is 19.5. The summed E-state index contributed by atoms with van der Waals surface area (Å²) in [4.78, 5) is 31.8. The Labute approximate surface area is 164 Å². The Balaban J connectivity index is 1.38. The fraction of sp³-hybridized carbons (Fsp3) is 0.304. The van der Waals surface area contributed by atoms with E-state index in [9.17, 15) is 9.59 Å². The second-order valence-corrected chi connectivity index (χ2v) is 7.45. The van der Waals surface area contributed by atoms with E-state index in [4.69, 9.17) is 0 Å². The molecule has 0 unspecified atom stereocenters. The average Bonchev–Trinajstić information content (AvgIpc) is 2.72. The molecule has 1 N–H and O–H groups in total. The highest BCUT2D eigenvalue weighted by atomic mass is 16.2. The summed E-state index contributed by atoms with van der Waals surface area (Å²) in [5, 5.41) is 0.974. The molecule has 1 fully saturated rings. The van der Waals surface area contributed by atoms with Gasteiger partial charge in [-0.25, -0.2) is 0 Å². The highest BCUT2D eigenvalue weighted by Gasteiger charge is 2.22. The lowest BCUT2D eigenvalue weighted by molar-refractivity contribution is 0.0638. The van der Waals surface area contributed by atoms with Crippen LogP contribution < -0.4 is 5.56 Å². The molecule has 0 aliphatic carbocycles. The molecule has 2 heterocycles. The molecule has 0 atom stereocenters. The Kier molecular flexibility index (Phi) is 5.26. The number of amides is 1. The quantitative estimate of drug-likeness (QED) is 0.763. The summed E-state index contributed by atoms with van der Waals surface area (Å²) in [6.07, 6.45) is 1.03. The first-order valence-electron chi connectivity index (χ1n) is 9.79. The number of nitrogens with zero attached hydrogens (tertiary/aromatic N) is 2. The molecule has 1 aliphatic rings. The molecule has 3 aromatic rings. The van der Waals surface area contributed by atoms with Crippen molar-refractivity contribution in [3.8, 4) is 0 Å². The highest BCUT2D eigenvalue weighted by molar-refractivity contribution is 5.98. The smallest absolute Gasteiger partial charge is 0.254 e. The van der Waals surface area contributed by atoms with Gasteiger partial charge in [0.2, 0.25) is 5.56 Å². The number of fused-ring (bicyclic) bond motifs is 1. The van der Waals surface area contributed by atoms with E-state index in [0.717, 1.165) is 55.6 Å². The molecule has 0 saturated carbocycles. The van der Waals surface area contributed by atoms with E-state index in [-0.39, 0.29) is 11.5 Å². The molecule has 0 spiro atoms. The maximum absolute atomic E-state index is 12.9. The third kappa shape index (κ3) is 3.99. The van der Waals surface area contributed by atoms with Crippen LogP contribution in [0.3, 0.4) is 0 Å². The minimum atomic E-state index is -0.137. The Bertz CT molecular complexity index is 1030. The SMILES string of the molecule is Cc1cc(=O)[nH]c2cc(C(=O)N3CCN(CCc4ccccc4)CC3)ccc12. The van der Waals surface area contributed by atoms with Crippen molar-refractivity contribution in [2.24, 2.45) is 0 Å². The second-order valence-electron chi connectivity index (χ2n) is 7.45. The van der Waals surface area contributed by atoms with Gasteiger partial charge in [-0.1, -0.05) is 36.4 Å². The van der Waals surface area contributed by atoms with Crippen molar-refractivity contribution in [2.45, 2.75) is 13.3 Å². The molecule has 5 heteroatoms. The summed E-state index contributed by atoms with van der Waals surface area (Å²) in [5.74, 6) is 0.0342. The van der Waals surface area contributed by atoms with Crippen molar-refractivity contribution in [1.29, 1.82) is 0 Å². The van der Waals surface area contributed by atoms with E-state index in [0.29, 0.717) is 5.56 Å². The monoisotopic (exact) mass is 375 g/mol. The number of carbonyl (C=O) groups excluding carboxylic acids is 1. The largest absolute Gasteiger partial charge is 0.336 e. The zero-order valence-corrected chi connectivity index (χ0v) is 16.1. The molecule has 144 valence electrons. The molecule has 2 aromatic carbocycles. The number of hydrogen-bond donors (Lipinski definition) is 1. The number of benzene rings is 2. The number of nitrogens with one attached hydrogen (secondary N) is 1. The van der Waals surface area contributed by atoms with E-state index in [1.807, 2.05) is 30.0 Å². The number of H-pyrrole nitrogens is 1. The number of aromatic nitrogens is 1. The van der Waals surface area contributed by atoms with Crippen molar-refractivity contribution in [3.05, 3.63) is 81.6 Å². The van der Waals surface area contributed by atoms with Gasteiger partial charge in [0.15, 0.2) is 0 Å². The maximum Gasteiger partial charge on any atom is 0.254 e. The Morgan fingerprint density at radius 3 is 2.50 bits per heavy atom. The van der Waals surface area contributed by atoms with Crippen LogP contribution in [0.25, 0.3) is 10.9 Å². The third-order valence-corrected chi connectivity index (χ3v) is 5.52. The van der Waals surface area contributed by atoms with Gasteiger partial charge in [0.25, 0.3) is 5.91 Å². The van der Waals surface area contributed by atoms with Crippen LogP contribution in [0.4, 0.5) is 0 Å². The van der Waals surface area contributed by atoms with Crippen molar-refractivity contribution in [1.82, 2.24) is 14.8 Å². The molecule has 1 aliphatic heterocycles. The standard InChI is InChI=1S/C23H25N3O2/c1-17-15-22(27)24-21-16-19(7-8-20(17)21)23(28)26-13-11-25(12-14-26)10-9-18-5-3-2-4-6-18/h2-8,15-16H,9-14H2,1H3,(H,24,27). The van der Waals surface area contributed by atoms with Crippen molar-refractivity contribution in [2.75, 3.05) is 32.7 Å². The normalized spacial score (nSPS) is 15.1. The van der Waals surface area contributed by atoms with Gasteiger partial charge in [-0.05, 0) is 36.6 Å². The highest BCUT2D eigenvalue weighted by Crippen LogP contribution is 2.18. The lowest BCUT2D eigenvalue weighted by Crippen LogP contribution is -2.49. The molecule has 1 aromatic heterocycles. The fourth-order valence-corrected chi connectivity index (χ4v) is 3.86. The van der Waals surface area contributed by atoms with Gasteiger partial charge >= 0.3 is 0 Å². The predicted molar refractivity (Wildman–Crippen MR) is 112 cm³/mol. The minimum absolute atomic E-state index is 0.0342. The van der Waals surface area contributed by atoms with Gasteiger partial charge in [0, 0.05) is 55.3 Å². The van der Waals surface area contributed by atoms with Crippen LogP contribution in [0.1, 0.15) is 21.5 Å². The molecular formula is C23H25N3O2. The molecule has 1 amide bonds. The van der Waals surface area contributed by atoms with Crippen LogP contribution in [0.5, 0.6) is 0 Å². The van der Waals surface area contributed by atoms with Crippen LogP contribution >= 0.6 is 0 Å². The number of carbonyl (C=O) groups is 1. The van der Waals surface area contributed by atoms with E-state index in [1.54, 1.807) is 12.1 Å². The number of pyridine rings is 1. The molecule has 5 nitrogen and oxygen atoms in total. The van der Waals surface area contributed by atoms with Crippen molar-refractivity contribution >= 4 is 16.8 Å². The second kappa shape index (κ2) is 7.98.